The van der Waals surface area contributed by atoms with Crippen molar-refractivity contribution in [2.75, 3.05) is 0 Å². The Kier molecular flexibility index (Phi) is 2.64. The van der Waals surface area contributed by atoms with Crippen molar-refractivity contribution in [2.24, 2.45) is 0 Å². The number of hydrogen-bond acceptors (Lipinski definition) is 4. The Morgan fingerprint density at radius 2 is 1.84 bits per heavy atom. The first kappa shape index (κ1) is 11.3. The first-order chi connectivity index (χ1) is 9.22. The van der Waals surface area contributed by atoms with Crippen LogP contribution in [-0.4, -0.2) is 4.92 Å². The highest BCUT2D eigenvalue weighted by molar-refractivity contribution is 5.81. The number of nitro benzene ring substituents is 1. The molecule has 0 radical (unpaired) electrons. The van der Waals surface area contributed by atoms with Crippen LogP contribution in [0.5, 0.6) is 11.7 Å². The van der Waals surface area contributed by atoms with Crippen LogP contribution in [0.4, 0.5) is 5.69 Å². The maximum absolute atomic E-state index is 10.7. The summed E-state index contributed by atoms with van der Waals surface area (Å²) in [6.45, 7) is 0. The van der Waals surface area contributed by atoms with E-state index in [0.29, 0.717) is 22.7 Å². The van der Waals surface area contributed by atoms with Crippen molar-refractivity contribution < 1.29 is 14.1 Å². The molecule has 3 rings (SSSR count). The molecule has 0 aliphatic rings. The Morgan fingerprint density at radius 3 is 2.58 bits per heavy atom. The quantitative estimate of drug-likeness (QED) is 0.521. The molecule has 94 valence electrons. The fraction of sp³-hybridized carbons (Fsp3) is 0. The van der Waals surface area contributed by atoms with Crippen LogP contribution >= 0.6 is 0 Å². The number of nitrogens with zero attached hydrogens (tertiary/aromatic N) is 1. The van der Waals surface area contributed by atoms with Gasteiger partial charge in [0.05, 0.1) is 4.92 Å². The molecule has 0 amide bonds. The minimum absolute atomic E-state index is 0.0274. The summed E-state index contributed by atoms with van der Waals surface area (Å²) in [5.41, 5.74) is 0.580. The minimum atomic E-state index is -0.440. The van der Waals surface area contributed by atoms with Gasteiger partial charge in [-0.1, -0.05) is 18.2 Å². The Hall–Kier alpha value is -2.82. The highest BCUT2D eigenvalue weighted by atomic mass is 16.6. The smallest absolute Gasteiger partial charge is 0.291 e. The van der Waals surface area contributed by atoms with Crippen molar-refractivity contribution >= 4 is 16.7 Å². The van der Waals surface area contributed by atoms with Crippen molar-refractivity contribution in [3.05, 3.63) is 64.7 Å². The lowest BCUT2D eigenvalue weighted by atomic mass is 10.2. The van der Waals surface area contributed by atoms with Gasteiger partial charge in [-0.3, -0.25) is 10.1 Å². The van der Waals surface area contributed by atoms with Crippen LogP contribution in [0.3, 0.4) is 0 Å². The zero-order valence-corrected chi connectivity index (χ0v) is 9.78. The molecule has 5 heteroatoms. The summed E-state index contributed by atoms with van der Waals surface area (Å²) in [4.78, 5) is 10.2. The maximum atomic E-state index is 10.7. The minimum Gasteiger partial charge on any atom is -0.426 e. The van der Waals surface area contributed by atoms with Crippen LogP contribution in [0.1, 0.15) is 0 Å². The zero-order chi connectivity index (χ0) is 13.2. The fourth-order valence-electron chi connectivity index (χ4n) is 1.77. The largest absolute Gasteiger partial charge is 0.426 e. The molecule has 5 nitrogen and oxygen atoms in total. The first-order valence-electron chi connectivity index (χ1n) is 5.63. The predicted octanol–water partition coefficient (Wildman–Crippen LogP) is 4.13. The van der Waals surface area contributed by atoms with Crippen molar-refractivity contribution in [1.29, 1.82) is 0 Å². The lowest BCUT2D eigenvalue weighted by Gasteiger charge is -1.99. The van der Waals surface area contributed by atoms with E-state index in [1.165, 1.54) is 12.1 Å². The van der Waals surface area contributed by atoms with Crippen molar-refractivity contribution in [3.8, 4) is 11.7 Å². The molecule has 0 spiro atoms. The van der Waals surface area contributed by atoms with Crippen LogP contribution in [0.15, 0.2) is 59.0 Å². The summed E-state index contributed by atoms with van der Waals surface area (Å²) in [6.07, 6.45) is 0. The average molecular weight is 255 g/mol. The van der Waals surface area contributed by atoms with E-state index in [2.05, 4.69) is 0 Å². The van der Waals surface area contributed by atoms with Gasteiger partial charge in [0.2, 0.25) is 0 Å². The third kappa shape index (κ3) is 2.26. The van der Waals surface area contributed by atoms with Crippen LogP contribution in [0, 0.1) is 10.1 Å². The van der Waals surface area contributed by atoms with Gasteiger partial charge in [-0.2, -0.15) is 0 Å². The van der Waals surface area contributed by atoms with E-state index < -0.39 is 4.92 Å². The topological polar surface area (TPSA) is 65.5 Å². The standard InChI is InChI=1S/C14H9NO4/c16-15(17)11-6-7-13-10(8-11)9-14(19-13)18-12-4-2-1-3-5-12/h1-9H. The summed E-state index contributed by atoms with van der Waals surface area (Å²) in [5, 5.41) is 11.3. The van der Waals surface area contributed by atoms with E-state index in [1.807, 2.05) is 18.2 Å². The van der Waals surface area contributed by atoms with E-state index in [4.69, 9.17) is 9.15 Å². The third-order valence-electron chi connectivity index (χ3n) is 2.65. The number of para-hydroxylation sites is 1. The Morgan fingerprint density at radius 1 is 1.05 bits per heavy atom. The lowest BCUT2D eigenvalue weighted by Crippen LogP contribution is -1.85. The van der Waals surface area contributed by atoms with E-state index in [-0.39, 0.29) is 5.69 Å². The van der Waals surface area contributed by atoms with E-state index in [9.17, 15) is 10.1 Å². The molecule has 19 heavy (non-hydrogen) atoms. The van der Waals surface area contributed by atoms with Crippen LogP contribution < -0.4 is 4.74 Å². The van der Waals surface area contributed by atoms with Gasteiger partial charge < -0.3 is 9.15 Å². The zero-order valence-electron chi connectivity index (χ0n) is 9.78. The number of furan rings is 1. The number of fused-ring (bicyclic) bond motifs is 1. The molecule has 0 saturated heterocycles. The van der Waals surface area contributed by atoms with Gasteiger partial charge in [0.25, 0.3) is 11.6 Å². The summed E-state index contributed by atoms with van der Waals surface area (Å²) in [5.74, 6) is 0.956. The molecule has 0 saturated carbocycles. The van der Waals surface area contributed by atoms with E-state index in [1.54, 1.807) is 24.3 Å². The van der Waals surface area contributed by atoms with Crippen molar-refractivity contribution in [2.45, 2.75) is 0 Å². The number of benzene rings is 2. The number of hydrogen-bond donors (Lipinski definition) is 0. The van der Waals surface area contributed by atoms with Gasteiger partial charge in [0.1, 0.15) is 11.3 Å². The van der Waals surface area contributed by atoms with Gasteiger partial charge >= 0.3 is 0 Å². The van der Waals surface area contributed by atoms with Gasteiger partial charge in [-0.15, -0.1) is 0 Å². The predicted molar refractivity (Wildman–Crippen MR) is 69.4 cm³/mol. The maximum Gasteiger partial charge on any atom is 0.291 e. The van der Waals surface area contributed by atoms with Crippen LogP contribution in [-0.2, 0) is 0 Å². The molecule has 0 aliphatic heterocycles. The number of ether oxygens (including phenoxy) is 1. The fourth-order valence-corrected chi connectivity index (χ4v) is 1.77. The van der Waals surface area contributed by atoms with E-state index in [0.717, 1.165) is 0 Å². The van der Waals surface area contributed by atoms with Crippen molar-refractivity contribution in [3.63, 3.8) is 0 Å². The second-order valence-electron chi connectivity index (χ2n) is 3.96. The molecule has 0 unspecified atom stereocenters. The number of nitro groups is 1. The highest BCUT2D eigenvalue weighted by Crippen LogP contribution is 2.30. The monoisotopic (exact) mass is 255 g/mol. The molecule has 1 aromatic heterocycles. The summed E-state index contributed by atoms with van der Waals surface area (Å²) in [7, 11) is 0. The average Bonchev–Trinajstić information content (AvgIpc) is 2.80. The molecular formula is C14H9NO4. The summed E-state index contributed by atoms with van der Waals surface area (Å²) in [6, 6.07) is 15.2. The van der Waals surface area contributed by atoms with Crippen LogP contribution in [0.25, 0.3) is 11.0 Å². The van der Waals surface area contributed by atoms with Gasteiger partial charge in [0.15, 0.2) is 0 Å². The molecule has 0 atom stereocenters. The molecular weight excluding hydrogens is 246 g/mol. The second kappa shape index (κ2) is 4.45. The molecule has 0 N–H and O–H groups in total. The van der Waals surface area contributed by atoms with Gasteiger partial charge in [0, 0.05) is 23.6 Å². The Labute approximate surface area is 108 Å². The molecule has 0 aliphatic carbocycles. The number of rotatable bonds is 3. The molecule has 3 aromatic rings. The molecule has 0 bridgehead atoms. The number of non-ortho nitro benzene ring substituents is 1. The van der Waals surface area contributed by atoms with E-state index >= 15 is 0 Å². The normalized spacial score (nSPS) is 10.5. The van der Waals surface area contributed by atoms with Crippen molar-refractivity contribution in [1.82, 2.24) is 0 Å². The Bertz CT molecular complexity index is 734. The Balaban J connectivity index is 1.95. The molecule has 2 aromatic carbocycles. The lowest BCUT2D eigenvalue weighted by molar-refractivity contribution is -0.384. The van der Waals surface area contributed by atoms with Crippen LogP contribution in [0.2, 0.25) is 0 Å². The molecule has 1 heterocycles. The summed E-state index contributed by atoms with van der Waals surface area (Å²) >= 11 is 0. The first-order valence-corrected chi connectivity index (χ1v) is 5.63. The molecule has 0 fully saturated rings. The SMILES string of the molecule is O=[N+]([O-])c1ccc2oc(Oc3ccccc3)cc2c1. The second-order valence-corrected chi connectivity index (χ2v) is 3.96. The van der Waals surface area contributed by atoms with Gasteiger partial charge in [-0.25, -0.2) is 0 Å². The van der Waals surface area contributed by atoms with Gasteiger partial charge in [-0.05, 0) is 18.2 Å². The summed E-state index contributed by atoms with van der Waals surface area (Å²) < 4.78 is 11.0. The highest BCUT2D eigenvalue weighted by Gasteiger charge is 2.11. The third-order valence-corrected chi connectivity index (χ3v) is 2.65.